The lowest BCUT2D eigenvalue weighted by atomic mass is 9.87. The fourth-order valence-corrected chi connectivity index (χ4v) is 5.20. The lowest BCUT2D eigenvalue weighted by Gasteiger charge is -2.38. The molecule has 2 fully saturated rings. The van der Waals surface area contributed by atoms with E-state index in [2.05, 4.69) is 5.32 Å². The van der Waals surface area contributed by atoms with Crippen LogP contribution in [0.25, 0.3) is 10.9 Å². The molecule has 1 saturated heterocycles. The SMILES string of the molecule is O=C(NCC1CCC(F)(F)CC1)c1cn(CC2CCCCN2C(=O)[O-])c2cccc(Cl)c12. The molecule has 0 spiro atoms. The fraction of sp³-hybridized carbons (Fsp3) is 0.565. The number of alkyl halides is 2. The highest BCUT2D eigenvalue weighted by Gasteiger charge is 2.35. The van der Waals surface area contributed by atoms with Gasteiger partial charge in [-0.15, -0.1) is 0 Å². The monoisotopic (exact) mass is 466 g/mol. The Kier molecular flexibility index (Phi) is 6.60. The molecule has 0 bridgehead atoms. The summed E-state index contributed by atoms with van der Waals surface area (Å²) >= 11 is 6.43. The highest BCUT2D eigenvalue weighted by molar-refractivity contribution is 6.36. The van der Waals surface area contributed by atoms with Gasteiger partial charge < -0.3 is 24.7 Å². The summed E-state index contributed by atoms with van der Waals surface area (Å²) < 4.78 is 28.6. The minimum absolute atomic E-state index is 0.0289. The van der Waals surface area contributed by atoms with Crippen molar-refractivity contribution in [1.29, 1.82) is 0 Å². The molecule has 1 aliphatic heterocycles. The number of halogens is 3. The van der Waals surface area contributed by atoms with Gasteiger partial charge in [-0.2, -0.15) is 0 Å². The first-order valence-electron chi connectivity index (χ1n) is 11.2. The predicted molar refractivity (Wildman–Crippen MR) is 116 cm³/mol. The number of aromatic nitrogens is 1. The van der Waals surface area contributed by atoms with Crippen LogP contribution < -0.4 is 10.4 Å². The number of fused-ring (bicyclic) bond motifs is 1. The van der Waals surface area contributed by atoms with Crippen molar-refractivity contribution in [2.24, 2.45) is 5.92 Å². The standard InChI is InChI=1S/C23H28ClF2N3O3/c24-18-5-3-6-19-20(18)17(21(30)27-12-15-7-9-23(25,26)10-8-15)14-28(19)13-16-4-1-2-11-29(16)22(31)32/h3,5-6,14-16H,1-2,4,7-13H2,(H,27,30)(H,31,32)/p-1. The Morgan fingerprint density at radius 1 is 1.19 bits per heavy atom. The maximum Gasteiger partial charge on any atom is 0.253 e. The first kappa shape index (κ1) is 22.8. The van der Waals surface area contributed by atoms with Crippen LogP contribution in [0.3, 0.4) is 0 Å². The number of benzene rings is 1. The Bertz CT molecular complexity index is 1000. The van der Waals surface area contributed by atoms with Crippen molar-refractivity contribution in [2.75, 3.05) is 13.1 Å². The van der Waals surface area contributed by atoms with E-state index in [0.717, 1.165) is 24.8 Å². The summed E-state index contributed by atoms with van der Waals surface area (Å²) in [5.41, 5.74) is 1.16. The first-order chi connectivity index (χ1) is 15.2. The molecule has 4 rings (SSSR count). The lowest BCUT2D eigenvalue weighted by molar-refractivity contribution is -0.269. The molecule has 2 amide bonds. The molecular formula is C23H27ClF2N3O3-. The van der Waals surface area contributed by atoms with Crippen molar-refractivity contribution < 1.29 is 23.5 Å². The average molecular weight is 467 g/mol. The van der Waals surface area contributed by atoms with Gasteiger partial charge in [-0.25, -0.2) is 8.78 Å². The molecule has 1 N–H and O–H groups in total. The van der Waals surface area contributed by atoms with Crippen LogP contribution in [0.1, 0.15) is 55.3 Å². The topological polar surface area (TPSA) is 77.4 Å². The minimum atomic E-state index is -2.60. The van der Waals surface area contributed by atoms with Crippen LogP contribution in [0.5, 0.6) is 0 Å². The largest absolute Gasteiger partial charge is 0.530 e. The number of carbonyl (C=O) groups is 2. The molecule has 1 aliphatic carbocycles. The van der Waals surface area contributed by atoms with E-state index in [9.17, 15) is 23.5 Å². The molecule has 174 valence electrons. The number of carboxylic acid groups (broad SMARTS) is 1. The number of rotatable bonds is 5. The number of likely N-dealkylation sites (tertiary alicyclic amines) is 1. The van der Waals surface area contributed by atoms with Crippen LogP contribution in [0.4, 0.5) is 13.6 Å². The van der Waals surface area contributed by atoms with Crippen LogP contribution >= 0.6 is 11.6 Å². The second-order valence-corrected chi connectivity index (χ2v) is 9.35. The number of nitrogens with zero attached hydrogens (tertiary/aromatic N) is 2. The minimum Gasteiger partial charge on any atom is -0.530 e. The normalized spacial score (nSPS) is 21.6. The van der Waals surface area contributed by atoms with Crippen LogP contribution in [0.15, 0.2) is 24.4 Å². The van der Waals surface area contributed by atoms with Crippen LogP contribution in [0, 0.1) is 5.92 Å². The molecule has 2 aromatic rings. The van der Waals surface area contributed by atoms with Crippen molar-refractivity contribution in [2.45, 2.75) is 63.5 Å². The molecule has 9 heteroatoms. The third kappa shape index (κ3) is 4.85. The van der Waals surface area contributed by atoms with E-state index >= 15 is 0 Å². The highest BCUT2D eigenvalue weighted by Crippen LogP contribution is 2.36. The van der Waals surface area contributed by atoms with E-state index < -0.39 is 12.0 Å². The number of hydrogen-bond acceptors (Lipinski definition) is 3. The zero-order chi connectivity index (χ0) is 22.9. The molecule has 1 unspecified atom stereocenters. The molecule has 1 atom stereocenters. The fourth-order valence-electron chi connectivity index (χ4n) is 4.93. The lowest BCUT2D eigenvalue weighted by Crippen LogP contribution is -2.51. The summed E-state index contributed by atoms with van der Waals surface area (Å²) in [7, 11) is 0. The Morgan fingerprint density at radius 3 is 2.66 bits per heavy atom. The molecule has 0 radical (unpaired) electrons. The van der Waals surface area contributed by atoms with Gasteiger partial charge in [0, 0.05) is 50.1 Å². The van der Waals surface area contributed by atoms with Crippen LogP contribution in [-0.2, 0) is 6.54 Å². The number of amides is 2. The molecule has 1 aromatic heterocycles. The van der Waals surface area contributed by atoms with Crippen LogP contribution in [0.2, 0.25) is 5.02 Å². The Hall–Kier alpha value is -2.35. The Morgan fingerprint density at radius 2 is 1.94 bits per heavy atom. The van der Waals surface area contributed by atoms with Gasteiger partial charge in [0.25, 0.3) is 5.91 Å². The number of hydrogen-bond donors (Lipinski definition) is 1. The molecule has 2 aliphatic rings. The third-order valence-corrected chi connectivity index (χ3v) is 7.07. The van der Waals surface area contributed by atoms with Crippen LogP contribution in [-0.4, -0.2) is 46.5 Å². The van der Waals surface area contributed by atoms with E-state index in [-0.39, 0.29) is 30.7 Å². The molecule has 1 saturated carbocycles. The van der Waals surface area contributed by atoms with Gasteiger partial charge in [0.2, 0.25) is 5.92 Å². The zero-order valence-electron chi connectivity index (χ0n) is 17.8. The van der Waals surface area contributed by atoms with Crippen molar-refractivity contribution in [1.82, 2.24) is 14.8 Å². The third-order valence-electron chi connectivity index (χ3n) is 6.76. The van der Waals surface area contributed by atoms with Gasteiger partial charge in [-0.1, -0.05) is 17.7 Å². The van der Waals surface area contributed by atoms with E-state index in [4.69, 9.17) is 11.6 Å². The van der Waals surface area contributed by atoms with E-state index in [1.165, 1.54) is 4.90 Å². The van der Waals surface area contributed by atoms with Crippen molar-refractivity contribution >= 4 is 34.5 Å². The summed E-state index contributed by atoms with van der Waals surface area (Å²) in [6.45, 7) is 1.18. The van der Waals surface area contributed by atoms with E-state index in [1.807, 2.05) is 10.6 Å². The van der Waals surface area contributed by atoms with Gasteiger partial charge in [0.05, 0.1) is 16.1 Å². The van der Waals surface area contributed by atoms with Gasteiger partial charge in [0.1, 0.15) is 6.09 Å². The second-order valence-electron chi connectivity index (χ2n) is 8.95. The Labute approximate surface area is 190 Å². The molecule has 6 nitrogen and oxygen atoms in total. The quantitative estimate of drug-likeness (QED) is 0.722. The maximum absolute atomic E-state index is 13.4. The van der Waals surface area contributed by atoms with Crippen molar-refractivity contribution in [3.05, 3.63) is 35.0 Å². The molecule has 1 aromatic carbocycles. The second kappa shape index (κ2) is 9.25. The zero-order valence-corrected chi connectivity index (χ0v) is 18.5. The number of piperidine rings is 1. The number of carbonyl (C=O) groups excluding carboxylic acids is 2. The van der Waals surface area contributed by atoms with Gasteiger partial charge >= 0.3 is 0 Å². The molecule has 2 heterocycles. The van der Waals surface area contributed by atoms with Gasteiger partial charge in [-0.05, 0) is 50.2 Å². The van der Waals surface area contributed by atoms with Gasteiger partial charge in [-0.3, -0.25) is 4.79 Å². The predicted octanol–water partition coefficient (Wildman–Crippen LogP) is 4.05. The van der Waals surface area contributed by atoms with Crippen molar-refractivity contribution in [3.8, 4) is 0 Å². The summed E-state index contributed by atoms with van der Waals surface area (Å²) in [5, 5.41) is 15.5. The first-order valence-corrected chi connectivity index (χ1v) is 11.5. The summed E-state index contributed by atoms with van der Waals surface area (Å²) in [5.74, 6) is -2.87. The highest BCUT2D eigenvalue weighted by atomic mass is 35.5. The molecule has 32 heavy (non-hydrogen) atoms. The van der Waals surface area contributed by atoms with E-state index in [1.54, 1.807) is 18.3 Å². The molecular weight excluding hydrogens is 440 g/mol. The summed E-state index contributed by atoms with van der Waals surface area (Å²) in [6.07, 6.45) is 3.48. The van der Waals surface area contributed by atoms with Crippen molar-refractivity contribution in [3.63, 3.8) is 0 Å². The maximum atomic E-state index is 13.4. The number of nitrogens with one attached hydrogen (secondary N) is 1. The van der Waals surface area contributed by atoms with E-state index in [0.29, 0.717) is 48.4 Å². The summed E-state index contributed by atoms with van der Waals surface area (Å²) in [4.78, 5) is 25.9. The average Bonchev–Trinajstić information content (AvgIpc) is 3.13. The summed E-state index contributed by atoms with van der Waals surface area (Å²) in [6, 6.07) is 5.13. The van der Waals surface area contributed by atoms with Gasteiger partial charge in [0.15, 0.2) is 0 Å². The smallest absolute Gasteiger partial charge is 0.253 e. The Balaban J connectivity index is 1.53.